The topological polar surface area (TPSA) is 80.8 Å². The molecule has 1 aromatic heterocycles. The molecule has 1 saturated carbocycles. The predicted octanol–water partition coefficient (Wildman–Crippen LogP) is 4.03. The number of anilines is 1. The Hall–Kier alpha value is -2.62. The van der Waals surface area contributed by atoms with Crippen molar-refractivity contribution < 1.29 is 17.9 Å². The number of benzene rings is 2. The van der Waals surface area contributed by atoms with Crippen molar-refractivity contribution in [2.45, 2.75) is 29.3 Å². The van der Waals surface area contributed by atoms with Crippen LogP contribution in [-0.2, 0) is 15.4 Å². The maximum absolute atomic E-state index is 11.8. The molecule has 7 nitrogen and oxygen atoms in total. The third-order valence-corrected chi connectivity index (χ3v) is 8.05. The Morgan fingerprint density at radius 1 is 1.09 bits per heavy atom. The van der Waals surface area contributed by atoms with Crippen LogP contribution in [0.15, 0.2) is 53.6 Å². The fourth-order valence-electron chi connectivity index (χ4n) is 4.09. The predicted molar refractivity (Wildman–Crippen MR) is 124 cm³/mol. The van der Waals surface area contributed by atoms with Crippen molar-refractivity contribution >= 4 is 26.3 Å². The molecule has 3 aromatic rings. The van der Waals surface area contributed by atoms with E-state index >= 15 is 0 Å². The number of aromatic nitrogens is 1. The van der Waals surface area contributed by atoms with Crippen molar-refractivity contribution in [2.24, 2.45) is 0 Å². The average Bonchev–Trinajstić information content (AvgIpc) is 3.15. The summed E-state index contributed by atoms with van der Waals surface area (Å²) in [5, 5.41) is 4.51. The van der Waals surface area contributed by atoms with E-state index in [1.807, 2.05) is 38.5 Å². The molecule has 0 amide bonds. The van der Waals surface area contributed by atoms with Crippen LogP contribution < -0.4 is 14.8 Å². The summed E-state index contributed by atoms with van der Waals surface area (Å²) in [6.07, 6.45) is 5.19. The lowest BCUT2D eigenvalue weighted by Gasteiger charge is -2.23. The number of nitrogens with one attached hydrogen (secondary N) is 1. The third kappa shape index (κ3) is 3.96. The summed E-state index contributed by atoms with van der Waals surface area (Å²) in [6, 6.07) is 13.2. The number of thiazole rings is 1. The van der Waals surface area contributed by atoms with Crippen LogP contribution in [0.25, 0.3) is 0 Å². The summed E-state index contributed by atoms with van der Waals surface area (Å²) in [5.41, 5.74) is 2.08. The van der Waals surface area contributed by atoms with E-state index in [1.54, 1.807) is 23.5 Å². The smallest absolute Gasteiger partial charge is 0.231 e. The van der Waals surface area contributed by atoms with Gasteiger partial charge >= 0.3 is 0 Å². The van der Waals surface area contributed by atoms with Crippen molar-refractivity contribution in [3.63, 3.8) is 0 Å². The number of hydrogen-bond donors (Lipinski definition) is 1. The fourth-order valence-corrected chi connectivity index (χ4v) is 5.86. The van der Waals surface area contributed by atoms with Gasteiger partial charge in [0, 0.05) is 17.3 Å². The number of ether oxygens (including phenoxy) is 2. The Balaban J connectivity index is 1.38. The van der Waals surface area contributed by atoms with Gasteiger partial charge in [-0.2, -0.15) is 0 Å². The quantitative estimate of drug-likeness (QED) is 0.557. The van der Waals surface area contributed by atoms with E-state index in [4.69, 9.17) is 9.47 Å². The number of rotatable bonds is 7. The number of fused-ring (bicyclic) bond motifs is 1. The second-order valence-corrected chi connectivity index (χ2v) is 11.6. The highest BCUT2D eigenvalue weighted by atomic mass is 32.2. The van der Waals surface area contributed by atoms with E-state index < -0.39 is 9.84 Å². The van der Waals surface area contributed by atoms with Gasteiger partial charge in [0.15, 0.2) is 26.5 Å². The van der Waals surface area contributed by atoms with Crippen molar-refractivity contribution in [1.29, 1.82) is 0 Å². The fraction of sp³-hybridized carbons (Fsp3) is 0.348. The van der Waals surface area contributed by atoms with Gasteiger partial charge in [-0.1, -0.05) is 18.2 Å². The molecule has 0 radical (unpaired) electrons. The van der Waals surface area contributed by atoms with E-state index in [-0.39, 0.29) is 18.4 Å². The van der Waals surface area contributed by atoms with Gasteiger partial charge in [0.25, 0.3) is 0 Å². The lowest BCUT2D eigenvalue weighted by molar-refractivity contribution is 0.174. The first kappa shape index (κ1) is 21.2. The third-order valence-electron chi connectivity index (χ3n) is 5.95. The van der Waals surface area contributed by atoms with Crippen LogP contribution in [0.5, 0.6) is 11.5 Å². The van der Waals surface area contributed by atoms with Crippen LogP contribution in [0.3, 0.4) is 0 Å². The Labute approximate surface area is 191 Å². The molecule has 2 heterocycles. The highest BCUT2D eigenvalue weighted by Gasteiger charge is 2.45. The maximum Gasteiger partial charge on any atom is 0.231 e. The van der Waals surface area contributed by atoms with Crippen LogP contribution in [-0.4, -0.2) is 45.4 Å². The largest absolute Gasteiger partial charge is 0.454 e. The number of nitrogens with zero attached hydrogens (tertiary/aromatic N) is 2. The SMILES string of the molecule is CN(C)C(c1ccc(S(C)(=O)=O)cc1)c1cnc(NC2(c3ccc4c(c3)OCO4)CC2)s1. The number of sulfone groups is 1. The summed E-state index contributed by atoms with van der Waals surface area (Å²) < 4.78 is 34.6. The van der Waals surface area contributed by atoms with Gasteiger partial charge in [0.1, 0.15) is 0 Å². The minimum absolute atomic E-state index is 0.0163. The molecular weight excluding hydrogens is 446 g/mol. The second-order valence-electron chi connectivity index (χ2n) is 8.55. The van der Waals surface area contributed by atoms with Crippen LogP contribution >= 0.6 is 11.3 Å². The highest BCUT2D eigenvalue weighted by Crippen LogP contribution is 2.51. The Bertz CT molecular complexity index is 1250. The standard InChI is InChI=1S/C23H25N3O4S2/c1-26(2)21(15-4-7-17(8-5-15)32(3,27)28)20-13-24-22(31-20)25-23(10-11-23)16-6-9-18-19(12-16)30-14-29-18/h4-9,12-13,21H,10-11,14H2,1-3H3,(H,24,25). The molecule has 168 valence electrons. The highest BCUT2D eigenvalue weighted by molar-refractivity contribution is 7.90. The molecule has 9 heteroatoms. The molecule has 5 rings (SSSR count). The van der Waals surface area contributed by atoms with Crippen LogP contribution in [0, 0.1) is 0 Å². The molecule has 1 atom stereocenters. The lowest BCUT2D eigenvalue weighted by Crippen LogP contribution is -2.20. The van der Waals surface area contributed by atoms with Crippen LogP contribution in [0.4, 0.5) is 5.13 Å². The average molecular weight is 472 g/mol. The van der Waals surface area contributed by atoms with Gasteiger partial charge in [0.05, 0.1) is 16.5 Å². The first-order valence-corrected chi connectivity index (χ1v) is 13.1. The monoisotopic (exact) mass is 471 g/mol. The second kappa shape index (κ2) is 7.75. The summed E-state index contributed by atoms with van der Waals surface area (Å²) in [5.74, 6) is 1.58. The minimum Gasteiger partial charge on any atom is -0.454 e. The van der Waals surface area contributed by atoms with Crippen molar-refractivity contribution in [1.82, 2.24) is 9.88 Å². The van der Waals surface area contributed by atoms with E-state index in [0.717, 1.165) is 39.9 Å². The zero-order valence-corrected chi connectivity index (χ0v) is 19.8. The van der Waals surface area contributed by atoms with E-state index in [9.17, 15) is 8.42 Å². The van der Waals surface area contributed by atoms with Crippen molar-refractivity contribution in [3.8, 4) is 11.5 Å². The molecular formula is C23H25N3O4S2. The molecule has 0 spiro atoms. The first-order chi connectivity index (χ1) is 15.2. The molecule has 1 aliphatic heterocycles. The molecule has 2 aliphatic rings. The Kier molecular flexibility index (Phi) is 5.15. The van der Waals surface area contributed by atoms with E-state index in [2.05, 4.69) is 27.3 Å². The van der Waals surface area contributed by atoms with Crippen molar-refractivity contribution in [3.05, 3.63) is 64.7 Å². The van der Waals surface area contributed by atoms with E-state index in [0.29, 0.717) is 4.90 Å². The van der Waals surface area contributed by atoms with E-state index in [1.165, 1.54) is 11.8 Å². The molecule has 2 aromatic carbocycles. The lowest BCUT2D eigenvalue weighted by atomic mass is 10.0. The molecule has 1 fully saturated rings. The molecule has 1 aliphatic carbocycles. The normalized spacial score (nSPS) is 17.4. The summed E-state index contributed by atoms with van der Waals surface area (Å²) >= 11 is 1.62. The zero-order chi connectivity index (χ0) is 22.5. The minimum atomic E-state index is -3.22. The maximum atomic E-state index is 11.8. The zero-order valence-electron chi connectivity index (χ0n) is 18.2. The summed E-state index contributed by atoms with van der Waals surface area (Å²) in [6.45, 7) is 0.270. The Morgan fingerprint density at radius 2 is 1.81 bits per heavy atom. The number of hydrogen-bond acceptors (Lipinski definition) is 8. The van der Waals surface area contributed by atoms with Gasteiger partial charge in [-0.25, -0.2) is 13.4 Å². The first-order valence-electron chi connectivity index (χ1n) is 10.4. The molecule has 0 saturated heterocycles. The van der Waals surface area contributed by atoms with Crippen LogP contribution in [0.2, 0.25) is 0 Å². The van der Waals surface area contributed by atoms with Crippen molar-refractivity contribution in [2.75, 3.05) is 32.5 Å². The van der Waals surface area contributed by atoms with Gasteiger partial charge < -0.3 is 14.8 Å². The molecule has 1 unspecified atom stereocenters. The van der Waals surface area contributed by atoms with Gasteiger partial charge in [0.2, 0.25) is 6.79 Å². The van der Waals surface area contributed by atoms with Gasteiger partial charge in [-0.3, -0.25) is 4.90 Å². The Morgan fingerprint density at radius 3 is 2.47 bits per heavy atom. The van der Waals surface area contributed by atoms with Gasteiger partial charge in [-0.05, 0) is 62.3 Å². The summed E-state index contributed by atoms with van der Waals surface area (Å²) in [4.78, 5) is 8.18. The summed E-state index contributed by atoms with van der Waals surface area (Å²) in [7, 11) is 0.802. The molecule has 32 heavy (non-hydrogen) atoms. The molecule has 0 bridgehead atoms. The molecule has 1 N–H and O–H groups in total. The van der Waals surface area contributed by atoms with Gasteiger partial charge in [-0.15, -0.1) is 11.3 Å². The van der Waals surface area contributed by atoms with Crippen LogP contribution in [0.1, 0.15) is 34.9 Å².